The van der Waals surface area contributed by atoms with Gasteiger partial charge in [-0.1, -0.05) is 6.42 Å². The smallest absolute Gasteiger partial charge is 0.225 e. The van der Waals surface area contributed by atoms with Gasteiger partial charge in [0, 0.05) is 19.0 Å². The summed E-state index contributed by atoms with van der Waals surface area (Å²) in [6.07, 6.45) is 7.30. The molecule has 2 heteroatoms. The molecule has 2 fully saturated rings. The van der Waals surface area contributed by atoms with Gasteiger partial charge in [0.05, 0.1) is 0 Å². The van der Waals surface area contributed by atoms with E-state index in [1.807, 2.05) is 11.9 Å². The molecule has 0 unspecified atom stereocenters. The van der Waals surface area contributed by atoms with Crippen LogP contribution in [0.1, 0.15) is 38.5 Å². The molecular weight excluding hydrogens is 150 g/mol. The first-order chi connectivity index (χ1) is 5.79. The molecule has 2 aliphatic carbocycles. The molecule has 0 radical (unpaired) electrons. The van der Waals surface area contributed by atoms with Crippen LogP contribution in [0, 0.1) is 5.92 Å². The van der Waals surface area contributed by atoms with Crippen molar-refractivity contribution >= 4 is 5.91 Å². The molecule has 0 aromatic heterocycles. The Morgan fingerprint density at radius 3 is 2.08 bits per heavy atom. The second-order valence-corrected chi connectivity index (χ2v) is 4.16. The molecule has 0 bridgehead atoms. The quantitative estimate of drug-likeness (QED) is 0.614. The third-order valence-corrected chi connectivity index (χ3v) is 3.42. The molecule has 0 heterocycles. The van der Waals surface area contributed by atoms with Crippen molar-refractivity contribution in [3.05, 3.63) is 0 Å². The molecule has 12 heavy (non-hydrogen) atoms. The summed E-state index contributed by atoms with van der Waals surface area (Å²) in [5, 5.41) is 0. The van der Waals surface area contributed by atoms with Crippen molar-refractivity contribution in [3.8, 4) is 0 Å². The zero-order valence-corrected chi connectivity index (χ0v) is 7.75. The number of carbonyl (C=O) groups is 1. The Labute approximate surface area is 73.9 Å². The van der Waals surface area contributed by atoms with Crippen molar-refractivity contribution in [1.82, 2.24) is 4.90 Å². The predicted molar refractivity (Wildman–Crippen MR) is 47.8 cm³/mol. The molecule has 0 saturated heterocycles. The van der Waals surface area contributed by atoms with E-state index < -0.39 is 0 Å². The number of carbonyl (C=O) groups excluding carboxylic acids is 1. The Balaban J connectivity index is 1.84. The zero-order valence-electron chi connectivity index (χ0n) is 7.75. The molecular formula is C10H17NO. The maximum Gasteiger partial charge on any atom is 0.225 e. The van der Waals surface area contributed by atoms with Gasteiger partial charge in [0.2, 0.25) is 5.91 Å². The van der Waals surface area contributed by atoms with Gasteiger partial charge >= 0.3 is 0 Å². The Morgan fingerprint density at radius 2 is 1.75 bits per heavy atom. The van der Waals surface area contributed by atoms with Crippen molar-refractivity contribution in [1.29, 1.82) is 0 Å². The van der Waals surface area contributed by atoms with Gasteiger partial charge < -0.3 is 4.90 Å². The van der Waals surface area contributed by atoms with Gasteiger partial charge in [-0.15, -0.1) is 0 Å². The normalized spacial score (nSPS) is 24.4. The Morgan fingerprint density at radius 1 is 1.17 bits per heavy atom. The molecule has 0 spiro atoms. The van der Waals surface area contributed by atoms with Crippen LogP contribution in [0.4, 0.5) is 0 Å². The van der Waals surface area contributed by atoms with E-state index in [0.717, 1.165) is 12.8 Å². The van der Waals surface area contributed by atoms with E-state index >= 15 is 0 Å². The first-order valence-corrected chi connectivity index (χ1v) is 5.05. The SMILES string of the molecule is CN(C(=O)C1CCC1)C1CCC1. The summed E-state index contributed by atoms with van der Waals surface area (Å²) >= 11 is 0. The highest BCUT2D eigenvalue weighted by molar-refractivity contribution is 5.79. The third kappa shape index (κ3) is 1.23. The van der Waals surface area contributed by atoms with Crippen LogP contribution in [0.5, 0.6) is 0 Å². The third-order valence-electron chi connectivity index (χ3n) is 3.42. The summed E-state index contributed by atoms with van der Waals surface area (Å²) in [5.74, 6) is 0.793. The lowest BCUT2D eigenvalue weighted by atomic mass is 9.83. The van der Waals surface area contributed by atoms with Crippen LogP contribution >= 0.6 is 0 Å². The summed E-state index contributed by atoms with van der Waals surface area (Å²) in [4.78, 5) is 13.7. The van der Waals surface area contributed by atoms with Crippen LogP contribution in [0.15, 0.2) is 0 Å². The van der Waals surface area contributed by atoms with Gasteiger partial charge in [0.1, 0.15) is 0 Å². The van der Waals surface area contributed by atoms with E-state index in [-0.39, 0.29) is 0 Å². The van der Waals surface area contributed by atoms with Crippen LogP contribution in [0.3, 0.4) is 0 Å². The summed E-state index contributed by atoms with van der Waals surface area (Å²) in [5.41, 5.74) is 0. The van der Waals surface area contributed by atoms with Gasteiger partial charge in [-0.2, -0.15) is 0 Å². The number of hydrogen-bond donors (Lipinski definition) is 0. The largest absolute Gasteiger partial charge is 0.343 e. The van der Waals surface area contributed by atoms with Gasteiger partial charge in [0.25, 0.3) is 0 Å². The zero-order chi connectivity index (χ0) is 8.55. The number of amides is 1. The Bertz CT molecular complexity index is 182. The molecule has 0 atom stereocenters. The second kappa shape index (κ2) is 3.08. The van der Waals surface area contributed by atoms with E-state index in [9.17, 15) is 4.79 Å². The fourth-order valence-electron chi connectivity index (χ4n) is 1.90. The van der Waals surface area contributed by atoms with Crippen LogP contribution in [-0.2, 0) is 4.79 Å². The summed E-state index contributed by atoms with van der Waals surface area (Å²) < 4.78 is 0. The van der Waals surface area contributed by atoms with Crippen LogP contribution in [0.25, 0.3) is 0 Å². The van der Waals surface area contributed by atoms with Gasteiger partial charge in [-0.05, 0) is 32.1 Å². The molecule has 0 aromatic carbocycles. The Kier molecular flexibility index (Phi) is 2.07. The topological polar surface area (TPSA) is 20.3 Å². The van der Waals surface area contributed by atoms with Crippen LogP contribution in [-0.4, -0.2) is 23.9 Å². The lowest BCUT2D eigenvalue weighted by Crippen LogP contribution is -2.45. The van der Waals surface area contributed by atoms with Crippen molar-refractivity contribution in [3.63, 3.8) is 0 Å². The molecule has 0 aliphatic heterocycles. The first kappa shape index (κ1) is 8.09. The van der Waals surface area contributed by atoms with E-state index in [1.54, 1.807) is 0 Å². The lowest BCUT2D eigenvalue weighted by molar-refractivity contribution is -0.140. The maximum atomic E-state index is 11.7. The number of nitrogens with zero attached hydrogens (tertiary/aromatic N) is 1. The molecule has 0 aromatic rings. The number of rotatable bonds is 2. The molecule has 68 valence electrons. The van der Waals surface area contributed by atoms with Crippen molar-refractivity contribution in [2.75, 3.05) is 7.05 Å². The fraction of sp³-hybridized carbons (Fsp3) is 0.900. The average Bonchev–Trinajstić information content (AvgIpc) is 1.79. The summed E-state index contributed by atoms with van der Waals surface area (Å²) in [6, 6.07) is 0.582. The minimum atomic E-state index is 0.385. The highest BCUT2D eigenvalue weighted by atomic mass is 16.2. The van der Waals surface area contributed by atoms with Crippen LogP contribution < -0.4 is 0 Å². The van der Waals surface area contributed by atoms with Crippen molar-refractivity contribution < 1.29 is 4.79 Å². The summed E-state index contributed by atoms with van der Waals surface area (Å²) in [7, 11) is 1.98. The van der Waals surface area contributed by atoms with E-state index in [1.165, 1.54) is 25.7 Å². The maximum absolute atomic E-state index is 11.7. The molecule has 0 N–H and O–H groups in total. The first-order valence-electron chi connectivity index (χ1n) is 5.05. The van der Waals surface area contributed by atoms with Crippen molar-refractivity contribution in [2.45, 2.75) is 44.6 Å². The molecule has 2 nitrogen and oxygen atoms in total. The lowest BCUT2D eigenvalue weighted by Gasteiger charge is -2.38. The standard InChI is InChI=1S/C10H17NO/c1-11(9-6-3-7-9)10(12)8-4-2-5-8/h8-9H,2-7H2,1H3. The molecule has 2 aliphatic rings. The average molecular weight is 167 g/mol. The predicted octanol–water partition coefficient (Wildman–Crippen LogP) is 1.80. The van der Waals surface area contributed by atoms with Gasteiger partial charge in [0.15, 0.2) is 0 Å². The van der Waals surface area contributed by atoms with Crippen LogP contribution in [0.2, 0.25) is 0 Å². The molecule has 2 saturated carbocycles. The molecule has 2 rings (SSSR count). The molecule has 1 amide bonds. The van der Waals surface area contributed by atoms with Crippen molar-refractivity contribution in [2.24, 2.45) is 5.92 Å². The van der Waals surface area contributed by atoms with E-state index in [0.29, 0.717) is 17.9 Å². The fourth-order valence-corrected chi connectivity index (χ4v) is 1.90. The Hall–Kier alpha value is -0.530. The monoisotopic (exact) mass is 167 g/mol. The van der Waals surface area contributed by atoms with Gasteiger partial charge in [-0.3, -0.25) is 4.79 Å². The van der Waals surface area contributed by atoms with E-state index in [4.69, 9.17) is 0 Å². The summed E-state index contributed by atoms with van der Waals surface area (Å²) in [6.45, 7) is 0. The minimum Gasteiger partial charge on any atom is -0.343 e. The second-order valence-electron chi connectivity index (χ2n) is 4.16. The number of hydrogen-bond acceptors (Lipinski definition) is 1. The highest BCUT2D eigenvalue weighted by Crippen LogP contribution is 2.31. The minimum absolute atomic E-state index is 0.385. The highest BCUT2D eigenvalue weighted by Gasteiger charge is 2.32. The van der Waals surface area contributed by atoms with Gasteiger partial charge in [-0.25, -0.2) is 0 Å². The van der Waals surface area contributed by atoms with E-state index in [2.05, 4.69) is 0 Å².